The molecule has 1 amide bonds. The molecule has 0 aliphatic heterocycles. The van der Waals surface area contributed by atoms with Gasteiger partial charge in [-0.25, -0.2) is 4.79 Å². The molecule has 0 spiro atoms. The first kappa shape index (κ1) is 12.3. The molecule has 3 nitrogen and oxygen atoms in total. The Bertz CT molecular complexity index is 516. The average molecular weight is 271 g/mol. The van der Waals surface area contributed by atoms with Crippen LogP contribution in [0.15, 0.2) is 24.3 Å². The summed E-state index contributed by atoms with van der Waals surface area (Å²) in [7, 11) is 0. The van der Waals surface area contributed by atoms with E-state index < -0.39 is 17.8 Å². The maximum Gasteiger partial charge on any atom is 0.416 e. The Labute approximate surface area is 107 Å². The molecule has 6 heteroatoms. The van der Waals surface area contributed by atoms with Crippen LogP contribution < -0.4 is 5.32 Å². The van der Waals surface area contributed by atoms with Crippen LogP contribution in [0.1, 0.15) is 30.4 Å². The zero-order chi connectivity index (χ0) is 13.9. The Morgan fingerprint density at radius 3 is 2.11 bits per heavy atom. The van der Waals surface area contributed by atoms with E-state index in [0.29, 0.717) is 19.3 Å². The maximum absolute atomic E-state index is 12.5. The summed E-state index contributed by atoms with van der Waals surface area (Å²) in [5, 5.41) is 11.2. The van der Waals surface area contributed by atoms with E-state index in [0.717, 1.165) is 17.7 Å². The summed E-state index contributed by atoms with van der Waals surface area (Å²) in [4.78, 5) is 10.6. The molecule has 19 heavy (non-hydrogen) atoms. The number of hydrogen-bond donors (Lipinski definition) is 2. The number of benzene rings is 1. The van der Waals surface area contributed by atoms with Crippen molar-refractivity contribution < 1.29 is 23.1 Å². The van der Waals surface area contributed by atoms with E-state index in [2.05, 4.69) is 5.32 Å². The van der Waals surface area contributed by atoms with Crippen molar-refractivity contribution in [3.8, 4) is 0 Å². The number of alkyl halides is 3. The number of carboxylic acid groups (broad SMARTS) is 1. The van der Waals surface area contributed by atoms with Crippen LogP contribution in [0.25, 0.3) is 0 Å². The van der Waals surface area contributed by atoms with Crippen molar-refractivity contribution in [1.82, 2.24) is 5.32 Å². The molecule has 3 saturated carbocycles. The quantitative estimate of drug-likeness (QED) is 0.868. The summed E-state index contributed by atoms with van der Waals surface area (Å²) in [6.45, 7) is 0. The van der Waals surface area contributed by atoms with E-state index in [9.17, 15) is 18.0 Å². The van der Waals surface area contributed by atoms with E-state index in [1.54, 1.807) is 0 Å². The van der Waals surface area contributed by atoms with Crippen molar-refractivity contribution in [3.05, 3.63) is 35.4 Å². The van der Waals surface area contributed by atoms with Crippen molar-refractivity contribution >= 4 is 6.09 Å². The monoisotopic (exact) mass is 271 g/mol. The van der Waals surface area contributed by atoms with Crippen LogP contribution in [0.5, 0.6) is 0 Å². The minimum absolute atomic E-state index is 0.118. The highest BCUT2D eigenvalue weighted by Crippen LogP contribution is 2.67. The van der Waals surface area contributed by atoms with Gasteiger partial charge in [0.25, 0.3) is 0 Å². The highest BCUT2D eigenvalue weighted by atomic mass is 19.4. The molecule has 0 unspecified atom stereocenters. The fourth-order valence-corrected chi connectivity index (χ4v) is 3.47. The Kier molecular flexibility index (Phi) is 2.23. The molecule has 0 aromatic heterocycles. The van der Waals surface area contributed by atoms with Crippen LogP contribution >= 0.6 is 0 Å². The lowest BCUT2D eigenvalue weighted by atomic mass is 9.37. The van der Waals surface area contributed by atoms with Gasteiger partial charge in [0.1, 0.15) is 0 Å². The first-order chi connectivity index (χ1) is 8.75. The van der Waals surface area contributed by atoms with Crippen molar-refractivity contribution in [3.63, 3.8) is 0 Å². The minimum atomic E-state index is -4.32. The first-order valence-electron chi connectivity index (χ1n) is 5.94. The summed E-state index contributed by atoms with van der Waals surface area (Å²) in [5.41, 5.74) is -0.239. The van der Waals surface area contributed by atoms with E-state index in [1.165, 1.54) is 12.1 Å². The third-order valence-electron chi connectivity index (χ3n) is 4.23. The number of nitrogens with one attached hydrogen (secondary N) is 1. The van der Waals surface area contributed by atoms with Gasteiger partial charge in [0.05, 0.1) is 5.56 Å². The standard InChI is InChI=1S/C13H12F3NO2/c14-13(15,16)9-3-1-8(2-4-9)11-5-12(6-11,7-11)17-10(18)19/h1-4,17H,5-7H2,(H,18,19). The molecule has 1 aromatic rings. The molecule has 4 rings (SSSR count). The summed E-state index contributed by atoms with van der Waals surface area (Å²) < 4.78 is 37.4. The lowest BCUT2D eigenvalue weighted by Gasteiger charge is -2.70. The molecule has 0 heterocycles. The molecule has 0 saturated heterocycles. The molecule has 3 aliphatic carbocycles. The van der Waals surface area contributed by atoms with E-state index >= 15 is 0 Å². The molecule has 3 aliphatic rings. The summed E-state index contributed by atoms with van der Waals surface area (Å²) in [6.07, 6.45) is -3.32. The van der Waals surface area contributed by atoms with Crippen molar-refractivity contribution in [2.45, 2.75) is 36.4 Å². The van der Waals surface area contributed by atoms with Gasteiger partial charge < -0.3 is 10.4 Å². The smallest absolute Gasteiger partial charge is 0.416 e. The first-order valence-corrected chi connectivity index (χ1v) is 5.94. The molecular formula is C13H12F3NO2. The fraction of sp³-hybridized carbons (Fsp3) is 0.462. The van der Waals surface area contributed by atoms with E-state index in [4.69, 9.17) is 5.11 Å². The molecule has 2 N–H and O–H groups in total. The van der Waals surface area contributed by atoms with Gasteiger partial charge in [-0.3, -0.25) is 0 Å². The van der Waals surface area contributed by atoms with E-state index in [-0.39, 0.29) is 11.0 Å². The van der Waals surface area contributed by atoms with Crippen LogP contribution in [-0.4, -0.2) is 16.7 Å². The Balaban J connectivity index is 1.72. The highest BCUT2D eigenvalue weighted by Gasteiger charge is 2.69. The van der Waals surface area contributed by atoms with Crippen LogP contribution in [-0.2, 0) is 11.6 Å². The van der Waals surface area contributed by atoms with Crippen molar-refractivity contribution in [1.29, 1.82) is 0 Å². The van der Waals surface area contributed by atoms with Gasteiger partial charge in [0.2, 0.25) is 0 Å². The second kappa shape index (κ2) is 3.43. The minimum Gasteiger partial charge on any atom is -0.465 e. The molecule has 102 valence electrons. The predicted molar refractivity (Wildman–Crippen MR) is 60.9 cm³/mol. The zero-order valence-corrected chi connectivity index (χ0v) is 9.92. The number of amides is 1. The Hall–Kier alpha value is -1.72. The molecule has 2 bridgehead atoms. The second-order valence-electron chi connectivity index (χ2n) is 5.60. The third kappa shape index (κ3) is 1.77. The predicted octanol–water partition coefficient (Wildman–Crippen LogP) is 3.15. The van der Waals surface area contributed by atoms with Gasteiger partial charge >= 0.3 is 12.3 Å². The molecule has 0 radical (unpaired) electrons. The van der Waals surface area contributed by atoms with Gasteiger partial charge in [-0.15, -0.1) is 0 Å². The summed E-state index contributed by atoms with van der Waals surface area (Å²) in [5.74, 6) is 0. The van der Waals surface area contributed by atoms with Crippen molar-refractivity contribution in [2.24, 2.45) is 0 Å². The zero-order valence-electron chi connectivity index (χ0n) is 9.92. The van der Waals surface area contributed by atoms with Crippen molar-refractivity contribution in [2.75, 3.05) is 0 Å². The second-order valence-corrected chi connectivity index (χ2v) is 5.60. The molecule has 1 aromatic carbocycles. The Morgan fingerprint density at radius 2 is 1.68 bits per heavy atom. The number of rotatable bonds is 2. The van der Waals surface area contributed by atoms with E-state index in [1.807, 2.05) is 0 Å². The Morgan fingerprint density at radius 1 is 1.16 bits per heavy atom. The van der Waals surface area contributed by atoms with Crippen LogP contribution in [0.4, 0.5) is 18.0 Å². The van der Waals surface area contributed by atoms with Crippen LogP contribution in [0, 0.1) is 0 Å². The number of halogens is 3. The normalized spacial score (nSPS) is 32.2. The largest absolute Gasteiger partial charge is 0.465 e. The topological polar surface area (TPSA) is 49.3 Å². The summed E-state index contributed by atoms with van der Waals surface area (Å²) in [6, 6.07) is 5.19. The SMILES string of the molecule is O=C(O)NC12CC(c3ccc(C(F)(F)F)cc3)(C1)C2. The molecule has 0 atom stereocenters. The van der Waals surface area contributed by atoms with Gasteiger partial charge in [-0.1, -0.05) is 12.1 Å². The third-order valence-corrected chi connectivity index (χ3v) is 4.23. The average Bonchev–Trinajstić information content (AvgIpc) is 2.20. The van der Waals surface area contributed by atoms with Gasteiger partial charge in [-0.2, -0.15) is 13.2 Å². The number of carbonyl (C=O) groups is 1. The van der Waals surface area contributed by atoms with Crippen LogP contribution in [0.3, 0.4) is 0 Å². The molecular weight excluding hydrogens is 259 g/mol. The highest BCUT2D eigenvalue weighted by molar-refractivity contribution is 5.67. The lowest BCUT2D eigenvalue weighted by molar-refractivity contribution is -0.137. The van der Waals surface area contributed by atoms with Crippen LogP contribution in [0.2, 0.25) is 0 Å². The van der Waals surface area contributed by atoms with Gasteiger partial charge in [0.15, 0.2) is 0 Å². The molecule has 3 fully saturated rings. The van der Waals surface area contributed by atoms with Gasteiger partial charge in [0, 0.05) is 11.0 Å². The van der Waals surface area contributed by atoms with Gasteiger partial charge in [-0.05, 0) is 37.0 Å². The summed E-state index contributed by atoms with van der Waals surface area (Å²) >= 11 is 0. The maximum atomic E-state index is 12.5. The fourth-order valence-electron chi connectivity index (χ4n) is 3.47. The number of hydrogen-bond acceptors (Lipinski definition) is 1. The lowest BCUT2D eigenvalue weighted by Crippen LogP contribution is -2.76.